The van der Waals surface area contributed by atoms with Crippen LogP contribution in [0, 0.1) is 6.92 Å². The van der Waals surface area contributed by atoms with Gasteiger partial charge in [0.2, 0.25) is 5.88 Å². The number of pyridine rings is 1. The Balaban J connectivity index is 1.78. The zero-order chi connectivity index (χ0) is 18.5. The second-order valence-electron chi connectivity index (χ2n) is 5.70. The van der Waals surface area contributed by atoms with E-state index in [2.05, 4.69) is 20.9 Å². The lowest BCUT2D eigenvalue weighted by Gasteiger charge is -2.13. The molecule has 0 atom stereocenters. The van der Waals surface area contributed by atoms with Gasteiger partial charge in [-0.3, -0.25) is 0 Å². The van der Waals surface area contributed by atoms with Crippen molar-refractivity contribution in [1.82, 2.24) is 4.98 Å². The van der Waals surface area contributed by atoms with Crippen LogP contribution in [0.3, 0.4) is 0 Å². The summed E-state index contributed by atoms with van der Waals surface area (Å²) < 4.78 is 12.5. The highest BCUT2D eigenvalue weighted by Gasteiger charge is 2.12. The number of aliphatic hydroxyl groups excluding tert-OH is 1. The van der Waals surface area contributed by atoms with Crippen LogP contribution in [0.5, 0.6) is 17.4 Å². The molecule has 4 nitrogen and oxygen atoms in total. The first-order valence-corrected chi connectivity index (χ1v) is 9.14. The van der Waals surface area contributed by atoms with Gasteiger partial charge in [0.1, 0.15) is 12.4 Å². The Kier molecular flexibility index (Phi) is 6.14. The largest absolute Gasteiger partial charge is 0.487 e. The van der Waals surface area contributed by atoms with Crippen molar-refractivity contribution in [3.8, 4) is 17.4 Å². The van der Waals surface area contributed by atoms with Gasteiger partial charge in [-0.05, 0) is 30.2 Å². The molecule has 1 N–H and O–H groups in total. The van der Waals surface area contributed by atoms with Crippen molar-refractivity contribution in [3.05, 3.63) is 80.9 Å². The molecule has 134 valence electrons. The van der Waals surface area contributed by atoms with Gasteiger partial charge in [0.05, 0.1) is 17.8 Å². The number of hydrogen-bond donors (Lipinski definition) is 1. The summed E-state index contributed by atoms with van der Waals surface area (Å²) in [5.41, 5.74) is 2.51. The SMILES string of the molecule is Cc1cc(Br)cc(Cl)c1Oc1cc(CO)c(OCc2ccccc2)cn1. The van der Waals surface area contributed by atoms with Gasteiger partial charge in [0.15, 0.2) is 5.75 Å². The third-order valence-corrected chi connectivity index (χ3v) is 4.47. The first-order valence-electron chi connectivity index (χ1n) is 7.97. The summed E-state index contributed by atoms with van der Waals surface area (Å²) in [6.07, 6.45) is 1.55. The second kappa shape index (κ2) is 8.54. The van der Waals surface area contributed by atoms with Crippen LogP contribution < -0.4 is 9.47 Å². The van der Waals surface area contributed by atoms with Crippen LogP contribution >= 0.6 is 27.5 Å². The molecule has 0 radical (unpaired) electrons. The van der Waals surface area contributed by atoms with Crippen molar-refractivity contribution >= 4 is 27.5 Å². The normalized spacial score (nSPS) is 10.6. The summed E-state index contributed by atoms with van der Waals surface area (Å²) >= 11 is 9.65. The third-order valence-electron chi connectivity index (χ3n) is 3.73. The molecule has 0 aliphatic carbocycles. The fraction of sp³-hybridized carbons (Fsp3) is 0.150. The highest BCUT2D eigenvalue weighted by molar-refractivity contribution is 9.10. The Morgan fingerprint density at radius 2 is 1.92 bits per heavy atom. The lowest BCUT2D eigenvalue weighted by molar-refractivity contribution is 0.257. The van der Waals surface area contributed by atoms with Gasteiger partial charge in [-0.15, -0.1) is 0 Å². The van der Waals surface area contributed by atoms with Gasteiger partial charge in [-0.1, -0.05) is 57.9 Å². The van der Waals surface area contributed by atoms with Crippen LogP contribution in [0.2, 0.25) is 5.02 Å². The molecule has 1 heterocycles. The molecule has 0 unspecified atom stereocenters. The van der Waals surface area contributed by atoms with E-state index in [1.165, 1.54) is 0 Å². The molecule has 2 aromatic carbocycles. The summed E-state index contributed by atoms with van der Waals surface area (Å²) in [7, 11) is 0. The average molecular weight is 435 g/mol. The monoisotopic (exact) mass is 433 g/mol. The number of aliphatic hydroxyl groups is 1. The van der Waals surface area contributed by atoms with E-state index >= 15 is 0 Å². The predicted molar refractivity (Wildman–Crippen MR) is 105 cm³/mol. The molecule has 3 aromatic rings. The Morgan fingerprint density at radius 1 is 1.15 bits per heavy atom. The van der Waals surface area contributed by atoms with Gasteiger partial charge < -0.3 is 14.6 Å². The van der Waals surface area contributed by atoms with Crippen LogP contribution in [0.25, 0.3) is 0 Å². The van der Waals surface area contributed by atoms with E-state index in [-0.39, 0.29) is 6.61 Å². The molecular weight excluding hydrogens is 418 g/mol. The molecule has 0 aliphatic heterocycles. The van der Waals surface area contributed by atoms with E-state index in [0.29, 0.717) is 34.6 Å². The number of halogens is 2. The van der Waals surface area contributed by atoms with Gasteiger partial charge in [0.25, 0.3) is 0 Å². The molecule has 0 aliphatic rings. The molecule has 6 heteroatoms. The smallest absolute Gasteiger partial charge is 0.219 e. The minimum absolute atomic E-state index is 0.184. The number of rotatable bonds is 6. The van der Waals surface area contributed by atoms with Gasteiger partial charge >= 0.3 is 0 Å². The topological polar surface area (TPSA) is 51.6 Å². The molecule has 0 fully saturated rings. The molecule has 0 saturated carbocycles. The number of aromatic nitrogens is 1. The summed E-state index contributed by atoms with van der Waals surface area (Å²) in [5.74, 6) is 1.39. The van der Waals surface area contributed by atoms with Crippen LogP contribution in [-0.4, -0.2) is 10.1 Å². The van der Waals surface area contributed by atoms with Crippen LogP contribution in [-0.2, 0) is 13.2 Å². The number of benzene rings is 2. The van der Waals surface area contributed by atoms with Crippen molar-refractivity contribution < 1.29 is 14.6 Å². The Bertz CT molecular complexity index is 880. The number of aryl methyl sites for hydroxylation is 1. The highest BCUT2D eigenvalue weighted by Crippen LogP contribution is 2.35. The van der Waals surface area contributed by atoms with Crippen LogP contribution in [0.4, 0.5) is 0 Å². The Morgan fingerprint density at radius 3 is 2.62 bits per heavy atom. The Labute approximate surface area is 165 Å². The van der Waals surface area contributed by atoms with Crippen molar-refractivity contribution in [2.24, 2.45) is 0 Å². The maximum atomic E-state index is 9.66. The second-order valence-corrected chi connectivity index (χ2v) is 7.02. The zero-order valence-electron chi connectivity index (χ0n) is 14.1. The van der Waals surface area contributed by atoms with Crippen LogP contribution in [0.15, 0.2) is 59.2 Å². The third kappa shape index (κ3) is 4.55. The quantitative estimate of drug-likeness (QED) is 0.543. The average Bonchev–Trinajstić information content (AvgIpc) is 2.64. The zero-order valence-corrected chi connectivity index (χ0v) is 16.4. The molecule has 0 amide bonds. The van der Waals surface area contributed by atoms with Gasteiger partial charge in [0, 0.05) is 16.1 Å². The predicted octanol–water partition coefficient (Wildman–Crippen LogP) is 5.67. The lowest BCUT2D eigenvalue weighted by Crippen LogP contribution is -2.01. The summed E-state index contributed by atoms with van der Waals surface area (Å²) in [4.78, 5) is 4.27. The van der Waals surface area contributed by atoms with E-state index < -0.39 is 0 Å². The molecule has 26 heavy (non-hydrogen) atoms. The van der Waals surface area contributed by atoms with Crippen LogP contribution in [0.1, 0.15) is 16.7 Å². The van der Waals surface area contributed by atoms with E-state index in [1.54, 1.807) is 18.3 Å². The highest BCUT2D eigenvalue weighted by atomic mass is 79.9. The Hall–Kier alpha value is -2.08. The standard InChI is InChI=1S/C20H17BrClNO3/c1-13-7-16(21)9-17(22)20(13)26-19-8-15(11-24)18(10-23-19)25-12-14-5-3-2-4-6-14/h2-10,24H,11-12H2,1H3. The maximum absolute atomic E-state index is 9.66. The fourth-order valence-electron chi connectivity index (χ4n) is 2.43. The minimum Gasteiger partial charge on any atom is -0.487 e. The molecular formula is C20H17BrClNO3. The minimum atomic E-state index is -0.184. The van der Waals surface area contributed by atoms with Crippen molar-refractivity contribution in [3.63, 3.8) is 0 Å². The molecule has 0 bridgehead atoms. The summed E-state index contributed by atoms with van der Waals surface area (Å²) in [5, 5.41) is 10.1. The molecule has 0 spiro atoms. The van der Waals surface area contributed by atoms with Gasteiger partial charge in [-0.2, -0.15) is 0 Å². The van der Waals surface area contributed by atoms with E-state index in [1.807, 2.05) is 43.3 Å². The number of nitrogens with zero attached hydrogens (tertiary/aromatic N) is 1. The first-order chi connectivity index (χ1) is 12.6. The number of ether oxygens (including phenoxy) is 2. The lowest BCUT2D eigenvalue weighted by atomic mass is 10.2. The van der Waals surface area contributed by atoms with Crippen molar-refractivity contribution in [2.75, 3.05) is 0 Å². The van der Waals surface area contributed by atoms with E-state index in [0.717, 1.165) is 15.6 Å². The maximum Gasteiger partial charge on any atom is 0.219 e. The first kappa shape index (κ1) is 18.7. The van der Waals surface area contributed by atoms with Crippen molar-refractivity contribution in [1.29, 1.82) is 0 Å². The fourth-order valence-corrected chi connectivity index (χ4v) is 3.44. The van der Waals surface area contributed by atoms with E-state index in [9.17, 15) is 5.11 Å². The summed E-state index contributed by atoms with van der Waals surface area (Å²) in [6, 6.07) is 15.1. The van der Waals surface area contributed by atoms with Crippen molar-refractivity contribution in [2.45, 2.75) is 20.1 Å². The molecule has 0 saturated heterocycles. The van der Waals surface area contributed by atoms with Gasteiger partial charge in [-0.25, -0.2) is 4.98 Å². The molecule has 3 rings (SSSR count). The van der Waals surface area contributed by atoms with E-state index in [4.69, 9.17) is 21.1 Å². The number of hydrogen-bond acceptors (Lipinski definition) is 4. The molecule has 1 aromatic heterocycles. The summed E-state index contributed by atoms with van der Waals surface area (Å²) in [6.45, 7) is 2.11.